The molecule has 4 nitrogen and oxygen atoms in total. The Morgan fingerprint density at radius 1 is 0.944 bits per heavy atom. The van der Waals surface area contributed by atoms with Crippen molar-refractivity contribution >= 4 is 5.69 Å². The first-order valence-electron chi connectivity index (χ1n) is 13.2. The van der Waals surface area contributed by atoms with Crippen LogP contribution >= 0.6 is 0 Å². The molecular formula is C32H42N2O2. The number of anilines is 1. The lowest BCUT2D eigenvalue weighted by Gasteiger charge is -2.33. The highest BCUT2D eigenvalue weighted by Crippen LogP contribution is 2.40. The molecule has 0 bridgehead atoms. The number of aryl methyl sites for hydroxylation is 1. The van der Waals surface area contributed by atoms with E-state index < -0.39 is 0 Å². The Kier molecular flexibility index (Phi) is 7.94. The van der Waals surface area contributed by atoms with Crippen molar-refractivity contribution < 1.29 is 9.84 Å². The molecule has 4 heteroatoms. The Hall–Kier alpha value is -2.98. The Bertz CT molecular complexity index is 1170. The number of nitrogens with zero attached hydrogens (tertiary/aromatic N) is 2. The molecule has 0 spiro atoms. The number of hydrogen-bond donors (Lipinski definition) is 1. The van der Waals surface area contributed by atoms with Gasteiger partial charge in [0.2, 0.25) is 0 Å². The average molecular weight is 487 g/mol. The number of phenolic OH excluding ortho intramolecular Hbond substituents is 1. The predicted molar refractivity (Wildman–Crippen MR) is 151 cm³/mol. The fourth-order valence-corrected chi connectivity index (χ4v) is 5.28. The second-order valence-electron chi connectivity index (χ2n) is 11.0. The van der Waals surface area contributed by atoms with E-state index in [-0.39, 0.29) is 5.54 Å². The minimum Gasteiger partial charge on any atom is -0.508 e. The molecule has 0 radical (unpaired) electrons. The van der Waals surface area contributed by atoms with Crippen LogP contribution in [-0.4, -0.2) is 43.3 Å². The van der Waals surface area contributed by atoms with Gasteiger partial charge in [-0.3, -0.25) is 0 Å². The summed E-state index contributed by atoms with van der Waals surface area (Å²) in [5, 5.41) is 9.89. The van der Waals surface area contributed by atoms with Crippen molar-refractivity contribution in [3.63, 3.8) is 0 Å². The molecule has 36 heavy (non-hydrogen) atoms. The van der Waals surface area contributed by atoms with Gasteiger partial charge in [0.25, 0.3) is 0 Å². The van der Waals surface area contributed by atoms with Gasteiger partial charge in [-0.1, -0.05) is 36.4 Å². The molecule has 0 aliphatic heterocycles. The van der Waals surface area contributed by atoms with E-state index in [0.717, 1.165) is 44.5 Å². The van der Waals surface area contributed by atoms with Crippen molar-refractivity contribution in [3.05, 3.63) is 88.5 Å². The van der Waals surface area contributed by atoms with Gasteiger partial charge in [0.1, 0.15) is 11.5 Å². The lowest BCUT2D eigenvalue weighted by atomic mass is 9.79. The molecule has 192 valence electrons. The van der Waals surface area contributed by atoms with Crippen molar-refractivity contribution in [1.29, 1.82) is 0 Å². The highest BCUT2D eigenvalue weighted by atomic mass is 16.5. The van der Waals surface area contributed by atoms with Crippen LogP contribution < -0.4 is 9.64 Å². The molecule has 0 aromatic heterocycles. The van der Waals surface area contributed by atoms with Crippen molar-refractivity contribution in [2.75, 3.05) is 32.6 Å². The van der Waals surface area contributed by atoms with Gasteiger partial charge in [-0.15, -0.1) is 0 Å². The fraction of sp³-hybridized carbons (Fsp3) is 0.438. The van der Waals surface area contributed by atoms with Crippen LogP contribution in [0.2, 0.25) is 0 Å². The zero-order valence-corrected chi connectivity index (χ0v) is 22.8. The van der Waals surface area contributed by atoms with Crippen LogP contribution in [0.15, 0.2) is 60.7 Å². The highest BCUT2D eigenvalue weighted by Gasteiger charge is 2.25. The fourth-order valence-electron chi connectivity index (χ4n) is 5.28. The summed E-state index contributed by atoms with van der Waals surface area (Å²) in [5.74, 6) is 1.72. The second-order valence-corrected chi connectivity index (χ2v) is 11.0. The van der Waals surface area contributed by atoms with Gasteiger partial charge in [0, 0.05) is 30.4 Å². The summed E-state index contributed by atoms with van der Waals surface area (Å²) in [6, 6.07) is 21.6. The van der Waals surface area contributed by atoms with Crippen LogP contribution in [-0.2, 0) is 25.8 Å². The number of likely N-dealkylation sites (N-methyl/N-ethyl adjacent to an activating group) is 1. The molecular weight excluding hydrogens is 444 g/mol. The van der Waals surface area contributed by atoms with E-state index in [1.165, 1.54) is 33.5 Å². The van der Waals surface area contributed by atoms with Crippen LogP contribution in [0, 0.1) is 0 Å². The molecule has 1 aliphatic rings. The quantitative estimate of drug-likeness (QED) is 0.370. The monoisotopic (exact) mass is 486 g/mol. The Morgan fingerprint density at radius 3 is 2.33 bits per heavy atom. The molecule has 1 N–H and O–H groups in total. The largest absolute Gasteiger partial charge is 0.508 e. The number of ether oxygens (including phenoxy) is 1. The third kappa shape index (κ3) is 5.87. The van der Waals surface area contributed by atoms with Crippen LogP contribution in [0.5, 0.6) is 11.5 Å². The van der Waals surface area contributed by atoms with E-state index in [2.05, 4.69) is 93.2 Å². The molecule has 0 saturated heterocycles. The standard InChI is InChI=1S/C32H42N2O2/c1-7-34(22-24-10-8-23(9-11-24)21-32(2,3)33(4)5)31-20-29(36-6)16-17-30(31)27-13-12-26-19-28(35)15-14-25(26)18-27/h8-11,14-17,19-20,27,35H,7,12-13,18,21-22H2,1-6H3/t27-/m1/s1. The molecule has 3 aromatic rings. The Labute approximate surface area is 217 Å². The summed E-state index contributed by atoms with van der Waals surface area (Å²) in [4.78, 5) is 4.76. The minimum atomic E-state index is 0.129. The van der Waals surface area contributed by atoms with E-state index in [0.29, 0.717) is 11.7 Å². The third-order valence-corrected chi connectivity index (χ3v) is 8.06. The van der Waals surface area contributed by atoms with Crippen molar-refractivity contribution in [2.24, 2.45) is 0 Å². The molecule has 0 fully saturated rings. The number of hydrogen-bond acceptors (Lipinski definition) is 4. The second kappa shape index (κ2) is 11.0. The maximum absolute atomic E-state index is 9.89. The van der Waals surface area contributed by atoms with Gasteiger partial charge in [0.15, 0.2) is 0 Å². The van der Waals surface area contributed by atoms with Gasteiger partial charge in [-0.2, -0.15) is 0 Å². The normalized spacial score (nSPS) is 15.6. The lowest BCUT2D eigenvalue weighted by Crippen LogP contribution is -2.40. The van der Waals surface area contributed by atoms with Gasteiger partial charge >= 0.3 is 0 Å². The summed E-state index contributed by atoms with van der Waals surface area (Å²) in [6.07, 6.45) is 4.11. The predicted octanol–water partition coefficient (Wildman–Crippen LogP) is 6.58. The van der Waals surface area contributed by atoms with Crippen LogP contribution in [0.25, 0.3) is 0 Å². The summed E-state index contributed by atoms with van der Waals surface area (Å²) >= 11 is 0. The van der Waals surface area contributed by atoms with Crippen LogP contribution in [0.4, 0.5) is 5.69 Å². The lowest BCUT2D eigenvalue weighted by molar-refractivity contribution is 0.195. The molecule has 0 saturated carbocycles. The van der Waals surface area contributed by atoms with E-state index in [9.17, 15) is 5.11 Å². The van der Waals surface area contributed by atoms with Crippen LogP contribution in [0.1, 0.15) is 60.9 Å². The molecule has 3 aromatic carbocycles. The molecule has 1 aliphatic carbocycles. The molecule has 4 rings (SSSR count). The Balaban J connectivity index is 1.57. The first-order valence-corrected chi connectivity index (χ1v) is 13.2. The SMILES string of the molecule is CCN(Cc1ccc(CC(C)(C)N(C)C)cc1)c1cc(OC)ccc1[C@@H]1CCc2cc(O)ccc2C1. The summed E-state index contributed by atoms with van der Waals surface area (Å²) in [7, 11) is 6.04. The molecule has 0 amide bonds. The van der Waals surface area contributed by atoms with E-state index in [1.807, 2.05) is 12.1 Å². The summed E-state index contributed by atoms with van der Waals surface area (Å²) in [5.41, 5.74) is 8.11. The van der Waals surface area contributed by atoms with E-state index in [1.54, 1.807) is 7.11 Å². The minimum absolute atomic E-state index is 0.129. The van der Waals surface area contributed by atoms with Crippen LogP contribution in [0.3, 0.4) is 0 Å². The van der Waals surface area contributed by atoms with E-state index in [4.69, 9.17) is 4.74 Å². The van der Waals surface area contributed by atoms with Gasteiger partial charge in [-0.05, 0) is 112 Å². The summed E-state index contributed by atoms with van der Waals surface area (Å²) in [6.45, 7) is 8.60. The maximum Gasteiger partial charge on any atom is 0.120 e. The van der Waals surface area contributed by atoms with Crippen molar-refractivity contribution in [2.45, 2.75) is 64.5 Å². The van der Waals surface area contributed by atoms with Crippen molar-refractivity contribution in [3.8, 4) is 11.5 Å². The zero-order valence-electron chi connectivity index (χ0n) is 22.8. The van der Waals surface area contributed by atoms with Gasteiger partial charge in [0.05, 0.1) is 7.11 Å². The zero-order chi connectivity index (χ0) is 25.9. The smallest absolute Gasteiger partial charge is 0.120 e. The van der Waals surface area contributed by atoms with Gasteiger partial charge in [-0.25, -0.2) is 0 Å². The van der Waals surface area contributed by atoms with Crippen molar-refractivity contribution in [1.82, 2.24) is 4.90 Å². The number of aromatic hydroxyl groups is 1. The number of benzene rings is 3. The number of rotatable bonds is 9. The van der Waals surface area contributed by atoms with E-state index >= 15 is 0 Å². The first kappa shape index (κ1) is 26.1. The maximum atomic E-state index is 9.89. The average Bonchev–Trinajstić information content (AvgIpc) is 2.87. The molecule has 0 unspecified atom stereocenters. The number of fused-ring (bicyclic) bond motifs is 1. The summed E-state index contributed by atoms with van der Waals surface area (Å²) < 4.78 is 5.63. The topological polar surface area (TPSA) is 35.9 Å². The highest BCUT2D eigenvalue weighted by molar-refractivity contribution is 5.60. The number of methoxy groups -OCH3 is 1. The number of phenols is 1. The molecule has 0 heterocycles. The first-order chi connectivity index (χ1) is 17.2. The molecule has 1 atom stereocenters. The van der Waals surface area contributed by atoms with Gasteiger partial charge < -0.3 is 19.6 Å². The Morgan fingerprint density at radius 2 is 1.67 bits per heavy atom. The third-order valence-electron chi connectivity index (χ3n) is 8.06.